The van der Waals surface area contributed by atoms with E-state index in [1.807, 2.05) is 32.0 Å². The maximum absolute atomic E-state index is 13.5. The summed E-state index contributed by atoms with van der Waals surface area (Å²) in [6, 6.07) is 3.43. The molecular weight excluding hydrogens is 434 g/mol. The molecule has 0 aromatic heterocycles. The van der Waals surface area contributed by atoms with Gasteiger partial charge in [-0.15, -0.1) is 6.58 Å². The van der Waals surface area contributed by atoms with Gasteiger partial charge in [0, 0.05) is 13.1 Å². The minimum atomic E-state index is -1.28. The molecule has 2 unspecified atom stereocenters. The molecule has 34 heavy (non-hydrogen) atoms. The van der Waals surface area contributed by atoms with Gasteiger partial charge in [0.2, 0.25) is 11.8 Å². The second kappa shape index (κ2) is 13.7. The van der Waals surface area contributed by atoms with E-state index in [1.54, 1.807) is 20.8 Å². The number of nitrogens with zero attached hydrogens (tertiary/aromatic N) is 1. The molecule has 0 radical (unpaired) electrons. The molecule has 3 amide bonds. The predicted molar refractivity (Wildman–Crippen MR) is 133 cm³/mol. The third-order valence-corrected chi connectivity index (χ3v) is 5.14. The third-order valence-electron chi connectivity index (χ3n) is 5.14. The largest absolute Gasteiger partial charge is 0.444 e. The van der Waals surface area contributed by atoms with Crippen LogP contribution in [0.2, 0.25) is 0 Å². The molecule has 1 aromatic carbocycles. The molecule has 0 spiro atoms. The highest BCUT2D eigenvalue weighted by Crippen LogP contribution is 2.26. The van der Waals surface area contributed by atoms with Gasteiger partial charge in [0.15, 0.2) is 0 Å². The molecule has 0 aliphatic heterocycles. The summed E-state index contributed by atoms with van der Waals surface area (Å²) in [7, 11) is 0. The van der Waals surface area contributed by atoms with Gasteiger partial charge in [-0.05, 0) is 52.2 Å². The zero-order valence-corrected chi connectivity index (χ0v) is 21.4. The fraction of sp³-hybridized carbons (Fsp3) is 0.577. The van der Waals surface area contributed by atoms with E-state index in [2.05, 4.69) is 24.1 Å². The van der Waals surface area contributed by atoms with Crippen molar-refractivity contribution in [3.05, 3.63) is 47.5 Å². The molecule has 1 rings (SSSR count). The van der Waals surface area contributed by atoms with Crippen LogP contribution in [0.25, 0.3) is 0 Å². The molecule has 0 saturated heterocycles. The van der Waals surface area contributed by atoms with E-state index >= 15 is 0 Å². The third kappa shape index (κ3) is 9.17. The standard InChI is InChI=1S/C26H41N3O5/c1-8-10-11-14-27-23(31)22(20-13-12-18(3)16-19(20)4)29(15-9-2)24(32)21(17-30)28-25(33)34-26(5,6)7/h9,12-13,16,21-22,30H,2,8,10-11,14-15,17H2,1,3-7H3,(H,27,31)(H,28,33). The number of hydrogen-bond acceptors (Lipinski definition) is 5. The van der Waals surface area contributed by atoms with Gasteiger partial charge in [-0.25, -0.2) is 4.79 Å². The van der Waals surface area contributed by atoms with Gasteiger partial charge >= 0.3 is 6.09 Å². The SMILES string of the molecule is C=CCN(C(=O)C(CO)NC(=O)OC(C)(C)C)C(C(=O)NCCCCC)c1ccc(C)cc1C. The first kappa shape index (κ1) is 29.2. The van der Waals surface area contributed by atoms with E-state index in [-0.39, 0.29) is 12.5 Å². The first-order valence-electron chi connectivity index (χ1n) is 11.8. The number of benzene rings is 1. The average molecular weight is 476 g/mol. The number of carbonyl (C=O) groups is 3. The van der Waals surface area contributed by atoms with E-state index in [4.69, 9.17) is 4.74 Å². The zero-order valence-electron chi connectivity index (χ0n) is 21.4. The normalized spacial score (nSPS) is 12.9. The van der Waals surface area contributed by atoms with Crippen LogP contribution in [0.15, 0.2) is 30.9 Å². The lowest BCUT2D eigenvalue weighted by molar-refractivity contribution is -0.142. The Morgan fingerprint density at radius 1 is 1.21 bits per heavy atom. The molecule has 0 saturated carbocycles. The summed E-state index contributed by atoms with van der Waals surface area (Å²) in [4.78, 5) is 40.5. The van der Waals surface area contributed by atoms with Crippen molar-refractivity contribution in [2.75, 3.05) is 19.7 Å². The van der Waals surface area contributed by atoms with Crippen LogP contribution in [-0.2, 0) is 14.3 Å². The first-order chi connectivity index (χ1) is 15.9. The molecule has 0 aliphatic rings. The average Bonchev–Trinajstić information content (AvgIpc) is 2.74. The number of nitrogens with one attached hydrogen (secondary N) is 2. The van der Waals surface area contributed by atoms with Crippen LogP contribution in [-0.4, -0.2) is 59.3 Å². The number of ether oxygens (including phenoxy) is 1. The van der Waals surface area contributed by atoms with Crippen LogP contribution in [0.3, 0.4) is 0 Å². The quantitative estimate of drug-likeness (QED) is 0.316. The molecule has 190 valence electrons. The number of hydrogen-bond donors (Lipinski definition) is 3. The van der Waals surface area contributed by atoms with Crippen molar-refractivity contribution in [1.82, 2.24) is 15.5 Å². The Morgan fingerprint density at radius 2 is 1.88 bits per heavy atom. The minimum absolute atomic E-state index is 0.0473. The van der Waals surface area contributed by atoms with E-state index in [9.17, 15) is 19.5 Å². The van der Waals surface area contributed by atoms with Crippen molar-refractivity contribution in [2.24, 2.45) is 0 Å². The maximum Gasteiger partial charge on any atom is 0.408 e. The summed E-state index contributed by atoms with van der Waals surface area (Å²) in [5.41, 5.74) is 1.79. The molecule has 3 N–H and O–H groups in total. The highest BCUT2D eigenvalue weighted by Gasteiger charge is 2.36. The van der Waals surface area contributed by atoms with Crippen molar-refractivity contribution in [1.29, 1.82) is 0 Å². The minimum Gasteiger partial charge on any atom is -0.444 e. The number of alkyl carbamates (subject to hydrolysis) is 1. The van der Waals surface area contributed by atoms with E-state index in [0.717, 1.165) is 30.4 Å². The smallest absolute Gasteiger partial charge is 0.408 e. The van der Waals surface area contributed by atoms with E-state index < -0.39 is 36.3 Å². The molecule has 8 heteroatoms. The number of aliphatic hydroxyl groups excluding tert-OH is 1. The van der Waals surface area contributed by atoms with Crippen LogP contribution in [0.4, 0.5) is 4.79 Å². The number of aryl methyl sites for hydroxylation is 2. The van der Waals surface area contributed by atoms with Gasteiger partial charge in [-0.2, -0.15) is 0 Å². The lowest BCUT2D eigenvalue weighted by Crippen LogP contribution is -2.54. The summed E-state index contributed by atoms with van der Waals surface area (Å²) < 4.78 is 5.23. The Labute approximate surface area is 203 Å². The van der Waals surface area contributed by atoms with Crippen LogP contribution in [0.5, 0.6) is 0 Å². The fourth-order valence-corrected chi connectivity index (χ4v) is 3.56. The van der Waals surface area contributed by atoms with Crippen LogP contribution in [0, 0.1) is 13.8 Å². The molecule has 0 aliphatic carbocycles. The van der Waals surface area contributed by atoms with Gasteiger partial charge < -0.3 is 25.4 Å². The molecular formula is C26H41N3O5. The van der Waals surface area contributed by atoms with Gasteiger partial charge in [-0.1, -0.05) is 49.6 Å². The van der Waals surface area contributed by atoms with Crippen molar-refractivity contribution in [3.63, 3.8) is 0 Å². The number of aliphatic hydroxyl groups is 1. The summed E-state index contributed by atoms with van der Waals surface area (Å²) in [6.45, 7) is 14.6. The predicted octanol–water partition coefficient (Wildman–Crippen LogP) is 3.55. The molecule has 0 fully saturated rings. The Kier molecular flexibility index (Phi) is 11.8. The lowest BCUT2D eigenvalue weighted by atomic mass is 9.96. The second-order valence-corrected chi connectivity index (χ2v) is 9.42. The van der Waals surface area contributed by atoms with Gasteiger partial charge in [0.1, 0.15) is 17.7 Å². The van der Waals surface area contributed by atoms with Crippen molar-refractivity contribution in [3.8, 4) is 0 Å². The van der Waals surface area contributed by atoms with Crippen molar-refractivity contribution in [2.45, 2.75) is 78.5 Å². The number of unbranched alkanes of at least 4 members (excludes halogenated alkanes) is 2. The highest BCUT2D eigenvalue weighted by molar-refractivity contribution is 5.92. The Hall–Kier alpha value is -2.87. The van der Waals surface area contributed by atoms with Crippen molar-refractivity contribution >= 4 is 17.9 Å². The zero-order chi connectivity index (χ0) is 25.9. The van der Waals surface area contributed by atoms with Gasteiger partial charge in [0.05, 0.1) is 6.61 Å². The summed E-state index contributed by atoms with van der Waals surface area (Å²) in [6.07, 6.45) is 3.52. The van der Waals surface area contributed by atoms with Gasteiger partial charge in [-0.3, -0.25) is 9.59 Å². The molecule has 2 atom stereocenters. The van der Waals surface area contributed by atoms with E-state index in [0.29, 0.717) is 12.1 Å². The first-order valence-corrected chi connectivity index (χ1v) is 11.8. The number of rotatable bonds is 12. The van der Waals surface area contributed by atoms with Gasteiger partial charge in [0.25, 0.3) is 0 Å². The highest BCUT2D eigenvalue weighted by atomic mass is 16.6. The topological polar surface area (TPSA) is 108 Å². The Morgan fingerprint density at radius 3 is 2.41 bits per heavy atom. The van der Waals surface area contributed by atoms with Crippen LogP contribution in [0.1, 0.15) is 69.7 Å². The summed E-state index contributed by atoms with van der Waals surface area (Å²) >= 11 is 0. The maximum atomic E-state index is 13.5. The summed E-state index contributed by atoms with van der Waals surface area (Å²) in [5, 5.41) is 15.3. The molecule has 0 heterocycles. The molecule has 8 nitrogen and oxygen atoms in total. The Balaban J connectivity index is 3.32. The number of amides is 3. The van der Waals surface area contributed by atoms with Crippen molar-refractivity contribution < 1.29 is 24.2 Å². The van der Waals surface area contributed by atoms with E-state index in [1.165, 1.54) is 11.0 Å². The Bertz CT molecular complexity index is 847. The molecule has 0 bridgehead atoms. The molecule has 1 aromatic rings. The van der Waals surface area contributed by atoms with Crippen LogP contribution < -0.4 is 10.6 Å². The summed E-state index contributed by atoms with van der Waals surface area (Å²) in [5.74, 6) is -0.936. The fourth-order valence-electron chi connectivity index (χ4n) is 3.56. The van der Waals surface area contributed by atoms with Crippen LogP contribution >= 0.6 is 0 Å². The number of carbonyl (C=O) groups excluding carboxylic acids is 3. The second-order valence-electron chi connectivity index (χ2n) is 9.42. The lowest BCUT2D eigenvalue weighted by Gasteiger charge is -2.34. The monoisotopic (exact) mass is 475 g/mol.